The van der Waals surface area contributed by atoms with Crippen molar-refractivity contribution in [3.8, 4) is 17.2 Å². The molecule has 44 heavy (non-hydrogen) atoms. The number of hydrogen-bond donors (Lipinski definition) is 5. The number of imidazole rings is 1. The van der Waals surface area contributed by atoms with Crippen LogP contribution in [0.4, 0.5) is 11.5 Å². The topological polar surface area (TPSA) is 191 Å². The highest BCUT2D eigenvalue weighted by molar-refractivity contribution is 5.95. The Morgan fingerprint density at radius 3 is 2.32 bits per heavy atom. The summed E-state index contributed by atoms with van der Waals surface area (Å²) in [4.78, 5) is 37.8. The highest BCUT2D eigenvalue weighted by atomic mass is 16.6. The number of hydrogen-bond acceptors (Lipinski definition) is 12. The Labute approximate surface area is 252 Å². The monoisotopic (exact) mass is 607 g/mol. The van der Waals surface area contributed by atoms with Gasteiger partial charge in [-0.15, -0.1) is 0 Å². The van der Waals surface area contributed by atoms with Crippen LogP contribution in [0.5, 0.6) is 17.2 Å². The lowest BCUT2D eigenvalue weighted by molar-refractivity contribution is -0.137. The number of rotatable bonds is 11. The number of anilines is 2. The first-order valence-corrected chi connectivity index (χ1v) is 13.6. The van der Waals surface area contributed by atoms with E-state index in [1.165, 1.54) is 45.6 Å². The summed E-state index contributed by atoms with van der Waals surface area (Å²) in [6.45, 7) is 0.400. The van der Waals surface area contributed by atoms with Crippen molar-refractivity contribution < 1.29 is 38.7 Å². The average molecular weight is 608 g/mol. The average Bonchev–Trinajstić information content (AvgIpc) is 3.61. The number of carbonyl (C=O) groups excluding carboxylic acids is 2. The van der Waals surface area contributed by atoms with Crippen molar-refractivity contribution in [1.29, 1.82) is 0 Å². The summed E-state index contributed by atoms with van der Waals surface area (Å²) >= 11 is 0. The van der Waals surface area contributed by atoms with E-state index in [2.05, 4.69) is 30.9 Å². The number of benzene rings is 2. The molecule has 4 aromatic rings. The minimum Gasteiger partial charge on any atom is -0.493 e. The van der Waals surface area contributed by atoms with Crippen molar-refractivity contribution in [2.24, 2.45) is 0 Å². The highest BCUT2D eigenvalue weighted by Gasteiger charge is 2.47. The SMILES string of the molecule is CNC(=O)[C@H]1O[C@@H](n2cnc3c(Nc4ccc(CCNC(=O)c5cc(OC)c(OC)c(OC)c5)cc4)ncnc32)C(O)C1O. The summed E-state index contributed by atoms with van der Waals surface area (Å²) < 4.78 is 23.1. The van der Waals surface area contributed by atoms with Gasteiger partial charge in [0.25, 0.3) is 11.8 Å². The molecule has 5 rings (SSSR count). The Balaban J connectivity index is 1.22. The van der Waals surface area contributed by atoms with Crippen LogP contribution < -0.4 is 30.2 Å². The minimum absolute atomic E-state index is 0.274. The van der Waals surface area contributed by atoms with Crippen molar-refractivity contribution in [2.75, 3.05) is 40.2 Å². The molecule has 1 fully saturated rings. The van der Waals surface area contributed by atoms with E-state index in [9.17, 15) is 19.8 Å². The molecule has 2 aromatic carbocycles. The number of aliphatic hydroxyl groups is 2. The van der Waals surface area contributed by atoms with Crippen LogP contribution in [0.3, 0.4) is 0 Å². The third kappa shape index (κ3) is 5.92. The maximum absolute atomic E-state index is 12.8. The molecule has 2 amide bonds. The minimum atomic E-state index is -1.42. The van der Waals surface area contributed by atoms with E-state index in [1.54, 1.807) is 12.1 Å². The predicted molar refractivity (Wildman–Crippen MR) is 157 cm³/mol. The van der Waals surface area contributed by atoms with Crippen LogP contribution in [0.15, 0.2) is 49.1 Å². The molecule has 1 saturated heterocycles. The molecule has 4 atom stereocenters. The smallest absolute Gasteiger partial charge is 0.251 e. The zero-order valence-electron chi connectivity index (χ0n) is 24.5. The summed E-state index contributed by atoms with van der Waals surface area (Å²) in [5.41, 5.74) is 2.86. The number of amides is 2. The summed E-state index contributed by atoms with van der Waals surface area (Å²) in [6, 6.07) is 10.8. The summed E-state index contributed by atoms with van der Waals surface area (Å²) in [6.07, 6.45) is -1.77. The van der Waals surface area contributed by atoms with E-state index in [-0.39, 0.29) is 5.91 Å². The second-order valence-corrected chi connectivity index (χ2v) is 9.83. The maximum atomic E-state index is 12.8. The van der Waals surface area contributed by atoms with Crippen molar-refractivity contribution in [3.63, 3.8) is 0 Å². The van der Waals surface area contributed by atoms with E-state index in [1.807, 2.05) is 24.3 Å². The standard InChI is InChI=1S/C29H33N7O8/c1-30-28(40)24-21(37)22(38)29(44-24)36-14-34-20-25(32-13-33-26(20)36)35-17-7-5-15(6-8-17)9-10-31-27(39)16-11-18(41-2)23(43-4)19(12-16)42-3/h5-8,11-14,21-22,24,29,37-38H,9-10H2,1-4H3,(H,30,40)(H,31,39)(H,32,33,35)/t21?,22?,24-,29+/m0/s1. The number of nitrogens with zero attached hydrogens (tertiary/aromatic N) is 4. The molecule has 15 nitrogen and oxygen atoms in total. The van der Waals surface area contributed by atoms with Gasteiger partial charge in [-0.2, -0.15) is 0 Å². The van der Waals surface area contributed by atoms with E-state index < -0.39 is 30.4 Å². The molecular formula is C29H33N7O8. The third-order valence-corrected chi connectivity index (χ3v) is 7.22. The van der Waals surface area contributed by atoms with Gasteiger partial charge in [0.05, 0.1) is 27.7 Å². The van der Waals surface area contributed by atoms with Crippen LogP contribution in [-0.2, 0) is 16.0 Å². The van der Waals surface area contributed by atoms with E-state index in [0.717, 1.165) is 11.3 Å². The Morgan fingerprint density at radius 2 is 1.68 bits per heavy atom. The quantitative estimate of drug-likeness (QED) is 0.162. The van der Waals surface area contributed by atoms with E-state index >= 15 is 0 Å². The van der Waals surface area contributed by atoms with Gasteiger partial charge in [-0.25, -0.2) is 15.0 Å². The lowest BCUT2D eigenvalue weighted by Gasteiger charge is -2.16. The number of ether oxygens (including phenoxy) is 4. The summed E-state index contributed by atoms with van der Waals surface area (Å²) in [7, 11) is 5.90. The molecule has 0 radical (unpaired) electrons. The first-order chi connectivity index (χ1) is 21.3. The molecule has 0 aliphatic carbocycles. The van der Waals surface area contributed by atoms with Crippen molar-refractivity contribution in [3.05, 3.63) is 60.2 Å². The Hall–Kier alpha value is -4.99. The largest absolute Gasteiger partial charge is 0.493 e. The number of nitrogens with one attached hydrogen (secondary N) is 3. The van der Waals surface area contributed by atoms with Gasteiger partial charge in [-0.1, -0.05) is 12.1 Å². The fraction of sp³-hybridized carbons (Fsp3) is 0.345. The van der Waals surface area contributed by atoms with Gasteiger partial charge in [-0.05, 0) is 36.2 Å². The first-order valence-electron chi connectivity index (χ1n) is 13.6. The number of aliphatic hydroxyl groups excluding tert-OH is 2. The number of carbonyl (C=O) groups is 2. The molecule has 0 spiro atoms. The van der Waals surface area contributed by atoms with Gasteiger partial charge in [0.2, 0.25) is 5.75 Å². The van der Waals surface area contributed by atoms with Crippen LogP contribution in [0.1, 0.15) is 22.1 Å². The molecule has 2 unspecified atom stereocenters. The van der Waals surface area contributed by atoms with Gasteiger partial charge in [-0.3, -0.25) is 14.2 Å². The van der Waals surface area contributed by atoms with Crippen molar-refractivity contribution >= 4 is 34.5 Å². The van der Waals surface area contributed by atoms with Gasteiger partial charge in [0, 0.05) is 24.8 Å². The van der Waals surface area contributed by atoms with Gasteiger partial charge < -0.3 is 45.1 Å². The second-order valence-electron chi connectivity index (χ2n) is 9.83. The van der Waals surface area contributed by atoms with Crippen LogP contribution in [-0.4, -0.2) is 94.8 Å². The normalized spacial score (nSPS) is 19.4. The van der Waals surface area contributed by atoms with Gasteiger partial charge >= 0.3 is 0 Å². The number of fused-ring (bicyclic) bond motifs is 1. The molecular weight excluding hydrogens is 574 g/mol. The molecule has 5 N–H and O–H groups in total. The fourth-order valence-electron chi connectivity index (χ4n) is 4.90. The Bertz CT molecular complexity index is 1620. The lowest BCUT2D eigenvalue weighted by Crippen LogP contribution is -2.41. The van der Waals surface area contributed by atoms with Crippen LogP contribution in [0, 0.1) is 0 Å². The van der Waals surface area contributed by atoms with E-state index in [0.29, 0.717) is 52.8 Å². The molecule has 1 aliphatic rings. The second kappa shape index (κ2) is 13.1. The highest BCUT2D eigenvalue weighted by Crippen LogP contribution is 2.38. The molecule has 1 aliphatic heterocycles. The molecule has 0 saturated carbocycles. The third-order valence-electron chi connectivity index (χ3n) is 7.22. The summed E-state index contributed by atoms with van der Waals surface area (Å²) in [5, 5.41) is 29.4. The number of methoxy groups -OCH3 is 3. The van der Waals surface area contributed by atoms with Crippen molar-refractivity contribution in [2.45, 2.75) is 31.0 Å². The number of aromatic nitrogens is 4. The van der Waals surface area contributed by atoms with E-state index in [4.69, 9.17) is 18.9 Å². The molecule has 2 aromatic heterocycles. The molecule has 232 valence electrons. The summed E-state index contributed by atoms with van der Waals surface area (Å²) in [5.74, 6) is 0.786. The maximum Gasteiger partial charge on any atom is 0.251 e. The van der Waals surface area contributed by atoms with Gasteiger partial charge in [0.1, 0.15) is 18.5 Å². The molecule has 0 bridgehead atoms. The fourth-order valence-corrected chi connectivity index (χ4v) is 4.90. The van der Waals surface area contributed by atoms with Crippen LogP contribution in [0.25, 0.3) is 11.2 Å². The van der Waals surface area contributed by atoms with Crippen LogP contribution >= 0.6 is 0 Å². The zero-order valence-corrected chi connectivity index (χ0v) is 24.5. The lowest BCUT2D eigenvalue weighted by atomic mass is 10.1. The zero-order chi connectivity index (χ0) is 31.4. The number of likely N-dealkylation sites (N-methyl/N-ethyl adjacent to an activating group) is 1. The Morgan fingerprint density at radius 1 is 0.977 bits per heavy atom. The predicted octanol–water partition coefficient (Wildman–Crippen LogP) is 0.933. The molecule has 3 heterocycles. The van der Waals surface area contributed by atoms with Gasteiger partial charge in [0.15, 0.2) is 40.8 Å². The Kier molecular flexibility index (Phi) is 9.08. The van der Waals surface area contributed by atoms with Crippen LogP contribution in [0.2, 0.25) is 0 Å². The first kappa shape index (κ1) is 30.5. The molecule has 15 heteroatoms. The van der Waals surface area contributed by atoms with Crippen molar-refractivity contribution in [1.82, 2.24) is 30.2 Å².